The van der Waals surface area contributed by atoms with Crippen molar-refractivity contribution >= 4 is 27.4 Å². The van der Waals surface area contributed by atoms with Crippen molar-refractivity contribution in [3.8, 4) is 11.4 Å². The summed E-state index contributed by atoms with van der Waals surface area (Å²) in [6.45, 7) is 0. The number of aromatic nitrogens is 2. The summed E-state index contributed by atoms with van der Waals surface area (Å²) in [6, 6.07) is 13.0. The zero-order chi connectivity index (χ0) is 13.4. The third-order valence-electron chi connectivity index (χ3n) is 2.83. The zero-order valence-electron chi connectivity index (χ0n) is 9.75. The van der Waals surface area contributed by atoms with Crippen LogP contribution in [0.3, 0.4) is 0 Å². The number of halogens is 1. The minimum Gasteiger partial charge on any atom is -0.476 e. The first-order valence-electron chi connectivity index (χ1n) is 5.63. The maximum Gasteiger partial charge on any atom is 0.356 e. The summed E-state index contributed by atoms with van der Waals surface area (Å²) < 4.78 is 2.71. The summed E-state index contributed by atoms with van der Waals surface area (Å²) in [6.07, 6.45) is 1.81. The highest BCUT2D eigenvalue weighted by Gasteiger charge is 2.17. The normalized spacial score (nSPS) is 10.8. The Morgan fingerprint density at radius 1 is 1.21 bits per heavy atom. The Morgan fingerprint density at radius 2 is 2.05 bits per heavy atom. The molecule has 3 rings (SSSR count). The molecule has 94 valence electrons. The van der Waals surface area contributed by atoms with E-state index in [1.807, 2.05) is 36.5 Å². The third kappa shape index (κ3) is 2.02. The van der Waals surface area contributed by atoms with Gasteiger partial charge >= 0.3 is 5.97 Å². The number of benzene rings is 1. The predicted octanol–water partition coefficient (Wildman–Crippen LogP) is 3.46. The van der Waals surface area contributed by atoms with Crippen LogP contribution in [0.1, 0.15) is 10.5 Å². The van der Waals surface area contributed by atoms with Gasteiger partial charge in [0.2, 0.25) is 0 Å². The lowest BCUT2D eigenvalue weighted by atomic mass is 10.2. The minimum absolute atomic E-state index is 0.0653. The molecule has 19 heavy (non-hydrogen) atoms. The molecule has 0 spiro atoms. The molecule has 2 heterocycles. The van der Waals surface area contributed by atoms with E-state index in [4.69, 9.17) is 0 Å². The van der Waals surface area contributed by atoms with Crippen molar-refractivity contribution in [3.63, 3.8) is 0 Å². The topological polar surface area (TPSA) is 54.6 Å². The highest BCUT2D eigenvalue weighted by Crippen LogP contribution is 2.25. The molecule has 5 heteroatoms. The van der Waals surface area contributed by atoms with Crippen LogP contribution in [-0.2, 0) is 0 Å². The maximum absolute atomic E-state index is 11.2. The van der Waals surface area contributed by atoms with Crippen LogP contribution in [0.4, 0.5) is 0 Å². The summed E-state index contributed by atoms with van der Waals surface area (Å²) in [5, 5.41) is 9.21. The average molecular weight is 317 g/mol. The first-order chi connectivity index (χ1) is 9.16. The summed E-state index contributed by atoms with van der Waals surface area (Å²) in [4.78, 5) is 15.5. The van der Waals surface area contributed by atoms with E-state index in [0.29, 0.717) is 11.3 Å². The first-order valence-corrected chi connectivity index (χ1v) is 6.42. The molecular weight excluding hydrogens is 308 g/mol. The number of pyridine rings is 1. The van der Waals surface area contributed by atoms with Gasteiger partial charge in [0.05, 0.1) is 5.52 Å². The molecule has 0 aliphatic rings. The van der Waals surface area contributed by atoms with Crippen molar-refractivity contribution in [2.24, 2.45) is 0 Å². The van der Waals surface area contributed by atoms with Crippen LogP contribution in [0.2, 0.25) is 0 Å². The standard InChI is InChI=1S/C14H9BrN2O2/c15-10-5-3-4-9(8-10)13-16-12(14(18)19)11-6-1-2-7-17(11)13/h1-8H,(H,18,19). The second-order valence-electron chi connectivity index (χ2n) is 4.06. The van der Waals surface area contributed by atoms with Gasteiger partial charge in [0.25, 0.3) is 0 Å². The fourth-order valence-corrected chi connectivity index (χ4v) is 2.43. The smallest absolute Gasteiger partial charge is 0.356 e. The van der Waals surface area contributed by atoms with Crippen LogP contribution in [0.5, 0.6) is 0 Å². The van der Waals surface area contributed by atoms with Crippen LogP contribution in [-0.4, -0.2) is 20.5 Å². The largest absolute Gasteiger partial charge is 0.476 e. The summed E-state index contributed by atoms with van der Waals surface area (Å²) in [5.41, 5.74) is 1.52. The lowest BCUT2D eigenvalue weighted by Crippen LogP contribution is -1.96. The molecule has 0 saturated heterocycles. The fraction of sp³-hybridized carbons (Fsp3) is 0. The lowest BCUT2D eigenvalue weighted by molar-refractivity contribution is 0.0693. The van der Waals surface area contributed by atoms with E-state index in [9.17, 15) is 9.90 Å². The molecule has 0 bridgehead atoms. The van der Waals surface area contributed by atoms with Gasteiger partial charge in [-0.1, -0.05) is 34.1 Å². The summed E-state index contributed by atoms with van der Waals surface area (Å²) >= 11 is 3.41. The molecule has 0 saturated carbocycles. The molecule has 0 fully saturated rings. The van der Waals surface area contributed by atoms with Crippen molar-refractivity contribution in [1.29, 1.82) is 0 Å². The van der Waals surface area contributed by atoms with Crippen LogP contribution in [0, 0.1) is 0 Å². The van der Waals surface area contributed by atoms with E-state index in [1.54, 1.807) is 16.5 Å². The quantitative estimate of drug-likeness (QED) is 0.787. The second kappa shape index (κ2) is 4.51. The number of carboxylic acids is 1. The second-order valence-corrected chi connectivity index (χ2v) is 4.97. The van der Waals surface area contributed by atoms with Crippen LogP contribution >= 0.6 is 15.9 Å². The van der Waals surface area contributed by atoms with E-state index in [0.717, 1.165) is 10.0 Å². The maximum atomic E-state index is 11.2. The molecule has 4 nitrogen and oxygen atoms in total. The lowest BCUT2D eigenvalue weighted by Gasteiger charge is -2.01. The molecule has 0 amide bonds. The Bertz CT molecular complexity index is 780. The van der Waals surface area contributed by atoms with Crippen LogP contribution < -0.4 is 0 Å². The van der Waals surface area contributed by atoms with Crippen molar-refractivity contribution in [1.82, 2.24) is 9.38 Å². The minimum atomic E-state index is -1.02. The number of rotatable bonds is 2. The number of hydrogen-bond acceptors (Lipinski definition) is 2. The predicted molar refractivity (Wildman–Crippen MR) is 75.3 cm³/mol. The van der Waals surface area contributed by atoms with Gasteiger partial charge < -0.3 is 5.11 Å². The molecule has 1 N–H and O–H groups in total. The van der Waals surface area contributed by atoms with Gasteiger partial charge in [-0.05, 0) is 24.3 Å². The number of imidazole rings is 1. The number of nitrogens with zero attached hydrogens (tertiary/aromatic N) is 2. The van der Waals surface area contributed by atoms with Crippen molar-refractivity contribution in [2.45, 2.75) is 0 Å². The highest BCUT2D eigenvalue weighted by atomic mass is 79.9. The average Bonchev–Trinajstić information content (AvgIpc) is 2.78. The van der Waals surface area contributed by atoms with Gasteiger partial charge in [-0.2, -0.15) is 0 Å². The molecule has 0 unspecified atom stereocenters. The monoisotopic (exact) mass is 316 g/mol. The van der Waals surface area contributed by atoms with E-state index in [1.165, 1.54) is 0 Å². The Morgan fingerprint density at radius 3 is 2.79 bits per heavy atom. The molecule has 0 atom stereocenters. The van der Waals surface area contributed by atoms with E-state index in [2.05, 4.69) is 20.9 Å². The van der Waals surface area contributed by atoms with Crippen LogP contribution in [0.15, 0.2) is 53.1 Å². The van der Waals surface area contributed by atoms with Gasteiger partial charge in [-0.15, -0.1) is 0 Å². The van der Waals surface area contributed by atoms with Gasteiger partial charge in [-0.3, -0.25) is 4.40 Å². The highest BCUT2D eigenvalue weighted by molar-refractivity contribution is 9.10. The van der Waals surface area contributed by atoms with E-state index < -0.39 is 5.97 Å². The van der Waals surface area contributed by atoms with Crippen LogP contribution in [0.25, 0.3) is 16.9 Å². The number of carboxylic acid groups (broad SMARTS) is 1. The number of aromatic carboxylic acids is 1. The molecule has 2 aromatic heterocycles. The Labute approximate surface area is 117 Å². The summed E-state index contributed by atoms with van der Waals surface area (Å²) in [5.74, 6) is -0.403. The van der Waals surface area contributed by atoms with Gasteiger partial charge in [-0.25, -0.2) is 9.78 Å². The molecule has 0 aliphatic carbocycles. The van der Waals surface area contributed by atoms with E-state index >= 15 is 0 Å². The first kappa shape index (κ1) is 11.9. The van der Waals surface area contributed by atoms with Crippen molar-refractivity contribution in [2.75, 3.05) is 0 Å². The number of hydrogen-bond donors (Lipinski definition) is 1. The van der Waals surface area contributed by atoms with Gasteiger partial charge in [0.15, 0.2) is 5.69 Å². The van der Waals surface area contributed by atoms with Crippen molar-refractivity contribution < 1.29 is 9.90 Å². The van der Waals surface area contributed by atoms with Crippen molar-refractivity contribution in [3.05, 3.63) is 58.8 Å². The Balaban J connectivity index is 2.33. The SMILES string of the molecule is O=C(O)c1nc(-c2cccc(Br)c2)n2ccccc12. The number of fused-ring (bicyclic) bond motifs is 1. The molecular formula is C14H9BrN2O2. The molecule has 0 aliphatic heterocycles. The molecule has 0 radical (unpaired) electrons. The Hall–Kier alpha value is -2.14. The van der Waals surface area contributed by atoms with E-state index in [-0.39, 0.29) is 5.69 Å². The number of carbonyl (C=O) groups is 1. The Kier molecular flexibility index (Phi) is 2.83. The van der Waals surface area contributed by atoms with Gasteiger partial charge in [0.1, 0.15) is 5.82 Å². The fourth-order valence-electron chi connectivity index (χ4n) is 2.03. The van der Waals surface area contributed by atoms with Gasteiger partial charge in [0, 0.05) is 16.2 Å². The third-order valence-corrected chi connectivity index (χ3v) is 3.33. The molecule has 1 aromatic carbocycles. The summed E-state index contributed by atoms with van der Waals surface area (Å²) in [7, 11) is 0. The molecule has 3 aromatic rings. The zero-order valence-corrected chi connectivity index (χ0v) is 11.3.